The van der Waals surface area contributed by atoms with E-state index in [1.165, 1.54) is 40.5 Å². The van der Waals surface area contributed by atoms with E-state index in [1.807, 2.05) is 6.20 Å². The first-order valence-corrected chi connectivity index (χ1v) is 5.08. The van der Waals surface area contributed by atoms with E-state index in [4.69, 9.17) is 0 Å². The van der Waals surface area contributed by atoms with Crippen LogP contribution < -0.4 is 0 Å². The van der Waals surface area contributed by atoms with Crippen LogP contribution in [0.25, 0.3) is 0 Å². The largest absolute Gasteiger partial charge is 0.261 e. The summed E-state index contributed by atoms with van der Waals surface area (Å²) in [6, 6.07) is 2.10. The highest BCUT2D eigenvalue weighted by atomic mass is 127. The fourth-order valence-electron chi connectivity index (χ4n) is 1.58. The lowest BCUT2D eigenvalue weighted by Crippen LogP contribution is -2.06. The van der Waals surface area contributed by atoms with E-state index in [0.717, 1.165) is 0 Å². The Balaban J connectivity index is 2.49. The predicted molar refractivity (Wildman–Crippen MR) is 53.6 cm³/mol. The first-order valence-electron chi connectivity index (χ1n) is 4.00. The second-order valence-electron chi connectivity index (χ2n) is 2.93. The molecule has 1 aliphatic carbocycles. The summed E-state index contributed by atoms with van der Waals surface area (Å²) in [6.07, 6.45) is 7.01. The minimum atomic E-state index is 1.19. The molecule has 0 radical (unpaired) electrons. The molecule has 2 heteroatoms. The Morgan fingerprint density at radius 3 is 2.91 bits per heavy atom. The van der Waals surface area contributed by atoms with Crippen LogP contribution in [0.2, 0.25) is 0 Å². The smallest absolute Gasteiger partial charge is 0.0446 e. The van der Waals surface area contributed by atoms with Crippen LogP contribution in [0.15, 0.2) is 12.3 Å². The molecule has 11 heavy (non-hydrogen) atoms. The van der Waals surface area contributed by atoms with Crippen molar-refractivity contribution in [3.63, 3.8) is 0 Å². The van der Waals surface area contributed by atoms with Crippen molar-refractivity contribution in [3.8, 4) is 0 Å². The first kappa shape index (κ1) is 7.53. The zero-order chi connectivity index (χ0) is 7.68. The van der Waals surface area contributed by atoms with Gasteiger partial charge in [-0.15, -0.1) is 0 Å². The summed E-state index contributed by atoms with van der Waals surface area (Å²) in [5.41, 5.74) is 2.84. The third-order valence-corrected chi connectivity index (χ3v) is 3.19. The van der Waals surface area contributed by atoms with Gasteiger partial charge in [0.1, 0.15) is 0 Å². The fraction of sp³-hybridized carbons (Fsp3) is 0.444. The molecule has 0 fully saturated rings. The molecule has 0 unspecified atom stereocenters. The van der Waals surface area contributed by atoms with Gasteiger partial charge in [-0.25, -0.2) is 0 Å². The lowest BCUT2D eigenvalue weighted by atomic mass is 9.96. The molecule has 0 N–H and O–H groups in total. The van der Waals surface area contributed by atoms with Crippen molar-refractivity contribution in [3.05, 3.63) is 27.1 Å². The molecule has 1 heterocycles. The molecule has 0 atom stereocenters. The predicted octanol–water partition coefficient (Wildman–Crippen LogP) is 2.57. The van der Waals surface area contributed by atoms with Gasteiger partial charge in [0.2, 0.25) is 0 Å². The highest BCUT2D eigenvalue weighted by Gasteiger charge is 2.11. The van der Waals surface area contributed by atoms with E-state index >= 15 is 0 Å². The van der Waals surface area contributed by atoms with Crippen LogP contribution in [-0.2, 0) is 12.8 Å². The number of nitrogens with zero attached hydrogens (tertiary/aromatic N) is 1. The number of fused-ring (bicyclic) bond motifs is 1. The van der Waals surface area contributed by atoms with Gasteiger partial charge in [-0.1, -0.05) is 0 Å². The van der Waals surface area contributed by atoms with Crippen molar-refractivity contribution in [2.24, 2.45) is 0 Å². The van der Waals surface area contributed by atoms with E-state index in [0.29, 0.717) is 0 Å². The zero-order valence-electron chi connectivity index (χ0n) is 6.31. The molecule has 0 amide bonds. The van der Waals surface area contributed by atoms with E-state index in [1.54, 1.807) is 0 Å². The molecular formula is C9H10IN. The third kappa shape index (κ3) is 1.41. The Hall–Kier alpha value is -0.120. The molecule has 2 rings (SSSR count). The molecule has 1 aromatic heterocycles. The Morgan fingerprint density at radius 2 is 2.09 bits per heavy atom. The van der Waals surface area contributed by atoms with E-state index in [-0.39, 0.29) is 0 Å². The van der Waals surface area contributed by atoms with Crippen LogP contribution in [0.4, 0.5) is 0 Å². The van der Waals surface area contributed by atoms with Gasteiger partial charge in [-0.3, -0.25) is 4.98 Å². The summed E-state index contributed by atoms with van der Waals surface area (Å²) < 4.78 is 1.40. The normalized spacial score (nSPS) is 16.1. The van der Waals surface area contributed by atoms with Crippen molar-refractivity contribution in [2.45, 2.75) is 25.7 Å². The van der Waals surface area contributed by atoms with Crippen molar-refractivity contribution in [1.29, 1.82) is 0 Å². The second kappa shape index (κ2) is 3.09. The topological polar surface area (TPSA) is 12.9 Å². The number of aryl methyl sites for hydroxylation is 1. The van der Waals surface area contributed by atoms with E-state index in [9.17, 15) is 0 Å². The molecule has 0 spiro atoms. The van der Waals surface area contributed by atoms with Crippen molar-refractivity contribution in [2.75, 3.05) is 0 Å². The van der Waals surface area contributed by atoms with E-state index in [2.05, 4.69) is 33.6 Å². The number of aromatic nitrogens is 1. The highest BCUT2D eigenvalue weighted by molar-refractivity contribution is 14.1. The van der Waals surface area contributed by atoms with Gasteiger partial charge >= 0.3 is 0 Å². The standard InChI is InChI=1S/C9H10IN/c10-8-5-6-11-9-4-2-1-3-7(8)9/h5-6H,1-4H2. The number of hydrogen-bond acceptors (Lipinski definition) is 1. The Kier molecular flexibility index (Phi) is 2.11. The Bertz CT molecular complexity index is 270. The van der Waals surface area contributed by atoms with Crippen LogP contribution in [0.5, 0.6) is 0 Å². The summed E-state index contributed by atoms with van der Waals surface area (Å²) in [6.45, 7) is 0. The molecule has 58 valence electrons. The molecular weight excluding hydrogens is 249 g/mol. The summed E-state index contributed by atoms with van der Waals surface area (Å²) in [4.78, 5) is 4.38. The van der Waals surface area contributed by atoms with Gasteiger partial charge in [0.05, 0.1) is 0 Å². The molecule has 1 aromatic rings. The van der Waals surface area contributed by atoms with Crippen LogP contribution in [-0.4, -0.2) is 4.98 Å². The lowest BCUT2D eigenvalue weighted by Gasteiger charge is -2.14. The maximum atomic E-state index is 4.38. The number of pyridine rings is 1. The molecule has 0 aromatic carbocycles. The van der Waals surface area contributed by atoms with E-state index < -0.39 is 0 Å². The average molecular weight is 259 g/mol. The van der Waals surface area contributed by atoms with Crippen molar-refractivity contribution in [1.82, 2.24) is 4.98 Å². The van der Waals surface area contributed by atoms with Gasteiger partial charge < -0.3 is 0 Å². The minimum absolute atomic E-state index is 1.19. The summed E-state index contributed by atoms with van der Waals surface area (Å²) in [5.74, 6) is 0. The maximum absolute atomic E-state index is 4.38. The molecule has 1 nitrogen and oxygen atoms in total. The Labute approximate surface area is 80.4 Å². The third-order valence-electron chi connectivity index (χ3n) is 2.18. The van der Waals surface area contributed by atoms with Gasteiger partial charge in [0, 0.05) is 15.5 Å². The molecule has 0 bridgehead atoms. The van der Waals surface area contributed by atoms with Crippen LogP contribution in [0.3, 0.4) is 0 Å². The van der Waals surface area contributed by atoms with Gasteiger partial charge in [0.15, 0.2) is 0 Å². The highest BCUT2D eigenvalue weighted by Crippen LogP contribution is 2.23. The molecule has 0 saturated heterocycles. The van der Waals surface area contributed by atoms with Gasteiger partial charge in [-0.2, -0.15) is 0 Å². The lowest BCUT2D eigenvalue weighted by molar-refractivity contribution is 0.665. The average Bonchev–Trinajstić information content (AvgIpc) is 2.06. The molecule has 1 aliphatic rings. The van der Waals surface area contributed by atoms with Crippen molar-refractivity contribution < 1.29 is 0 Å². The van der Waals surface area contributed by atoms with Crippen molar-refractivity contribution >= 4 is 22.6 Å². The summed E-state index contributed by atoms with van der Waals surface area (Å²) in [7, 11) is 0. The second-order valence-corrected chi connectivity index (χ2v) is 4.09. The zero-order valence-corrected chi connectivity index (χ0v) is 8.47. The number of rotatable bonds is 0. The van der Waals surface area contributed by atoms with Crippen LogP contribution in [0, 0.1) is 3.57 Å². The van der Waals surface area contributed by atoms with Crippen LogP contribution in [0.1, 0.15) is 24.1 Å². The number of halogens is 1. The minimum Gasteiger partial charge on any atom is -0.261 e. The van der Waals surface area contributed by atoms with Gasteiger partial charge in [0.25, 0.3) is 0 Å². The summed E-state index contributed by atoms with van der Waals surface area (Å²) in [5, 5.41) is 0. The SMILES string of the molecule is Ic1ccnc2c1CCCC2. The molecule has 0 aliphatic heterocycles. The molecule has 0 saturated carbocycles. The Morgan fingerprint density at radius 1 is 1.27 bits per heavy atom. The monoisotopic (exact) mass is 259 g/mol. The van der Waals surface area contributed by atoms with Gasteiger partial charge in [-0.05, 0) is 59.9 Å². The maximum Gasteiger partial charge on any atom is 0.0446 e. The fourth-order valence-corrected chi connectivity index (χ4v) is 2.32. The quantitative estimate of drug-likeness (QED) is 0.652. The summed E-state index contributed by atoms with van der Waals surface area (Å²) >= 11 is 2.40. The van der Waals surface area contributed by atoms with Crippen LogP contribution >= 0.6 is 22.6 Å². The number of hydrogen-bond donors (Lipinski definition) is 0. The first-order chi connectivity index (χ1) is 5.38.